The number of ether oxygens (including phenoxy) is 1. The van der Waals surface area contributed by atoms with Crippen LogP contribution in [0.25, 0.3) is 0 Å². The zero-order chi connectivity index (χ0) is 20.6. The number of aliphatic hydroxyl groups is 1. The van der Waals surface area contributed by atoms with Crippen LogP contribution >= 0.6 is 0 Å². The summed E-state index contributed by atoms with van der Waals surface area (Å²) in [6.07, 6.45) is 0. The molecule has 1 saturated heterocycles. The molecule has 0 saturated carbocycles. The number of oxime groups is 1. The SMILES string of the molecule is COc1ccc([C@@H]2CN/C(=N\OCCO)[C@H]2NC(=O)Nc2ccc(F)cc2)cc1. The summed E-state index contributed by atoms with van der Waals surface area (Å²) in [6.45, 7) is 0.420. The third kappa shape index (κ3) is 5.35. The molecular formula is C20H23FN4O4. The van der Waals surface area contributed by atoms with Gasteiger partial charge in [0.25, 0.3) is 0 Å². The maximum Gasteiger partial charge on any atom is 0.319 e. The number of urea groups is 1. The maximum absolute atomic E-state index is 13.1. The van der Waals surface area contributed by atoms with Gasteiger partial charge in [0, 0.05) is 18.2 Å². The molecular weight excluding hydrogens is 379 g/mol. The van der Waals surface area contributed by atoms with Gasteiger partial charge in [0.15, 0.2) is 5.84 Å². The Kier molecular flexibility index (Phi) is 6.85. The second-order valence-electron chi connectivity index (χ2n) is 6.38. The topological polar surface area (TPSA) is 104 Å². The highest BCUT2D eigenvalue weighted by molar-refractivity contribution is 5.97. The van der Waals surface area contributed by atoms with E-state index >= 15 is 0 Å². The molecule has 8 nitrogen and oxygen atoms in total. The van der Waals surface area contributed by atoms with E-state index in [4.69, 9.17) is 14.7 Å². The average molecular weight is 402 g/mol. The summed E-state index contributed by atoms with van der Waals surface area (Å²) < 4.78 is 18.2. The molecule has 29 heavy (non-hydrogen) atoms. The smallest absolute Gasteiger partial charge is 0.319 e. The van der Waals surface area contributed by atoms with Crippen LogP contribution in [0.2, 0.25) is 0 Å². The third-order valence-corrected chi connectivity index (χ3v) is 4.48. The Hall–Kier alpha value is -3.33. The predicted molar refractivity (Wildman–Crippen MR) is 107 cm³/mol. The number of hydrogen-bond acceptors (Lipinski definition) is 5. The van der Waals surface area contributed by atoms with Crippen LogP contribution < -0.4 is 20.7 Å². The highest BCUT2D eigenvalue weighted by atomic mass is 19.1. The molecule has 1 aliphatic heterocycles. The normalized spacial score (nSPS) is 19.5. The van der Waals surface area contributed by atoms with Crippen molar-refractivity contribution in [3.63, 3.8) is 0 Å². The molecule has 9 heteroatoms. The molecule has 0 spiro atoms. The molecule has 0 unspecified atom stereocenters. The van der Waals surface area contributed by atoms with E-state index in [1.807, 2.05) is 24.3 Å². The number of rotatable bonds is 7. The molecule has 2 aromatic rings. The van der Waals surface area contributed by atoms with Gasteiger partial charge in [0.05, 0.1) is 13.7 Å². The Bertz CT molecular complexity index is 843. The number of methoxy groups -OCH3 is 1. The van der Waals surface area contributed by atoms with E-state index in [0.717, 1.165) is 11.3 Å². The first kappa shape index (κ1) is 20.4. The summed E-state index contributed by atoms with van der Waals surface area (Å²) in [4.78, 5) is 17.6. The molecule has 3 rings (SSSR count). The molecule has 0 bridgehead atoms. The van der Waals surface area contributed by atoms with E-state index < -0.39 is 12.1 Å². The van der Waals surface area contributed by atoms with Gasteiger partial charge in [-0.05, 0) is 42.0 Å². The molecule has 2 aromatic carbocycles. The first-order chi connectivity index (χ1) is 14.1. The van der Waals surface area contributed by atoms with Crippen molar-refractivity contribution in [2.75, 3.05) is 32.2 Å². The molecule has 1 fully saturated rings. The van der Waals surface area contributed by atoms with Crippen LogP contribution in [0.5, 0.6) is 5.75 Å². The van der Waals surface area contributed by atoms with E-state index in [-0.39, 0.29) is 24.9 Å². The van der Waals surface area contributed by atoms with Gasteiger partial charge in [-0.15, -0.1) is 0 Å². The van der Waals surface area contributed by atoms with E-state index in [1.54, 1.807) is 7.11 Å². The molecule has 0 aromatic heterocycles. The summed E-state index contributed by atoms with van der Waals surface area (Å²) in [5, 5.41) is 21.6. The first-order valence-electron chi connectivity index (χ1n) is 9.12. The van der Waals surface area contributed by atoms with Crippen LogP contribution in [0.1, 0.15) is 11.5 Å². The molecule has 154 valence electrons. The molecule has 1 aliphatic rings. The molecule has 0 radical (unpaired) electrons. The molecule has 2 amide bonds. The number of carbonyl (C=O) groups is 1. The first-order valence-corrected chi connectivity index (χ1v) is 9.12. The molecule has 2 atom stereocenters. The third-order valence-electron chi connectivity index (χ3n) is 4.48. The fourth-order valence-electron chi connectivity index (χ4n) is 3.05. The fourth-order valence-corrected chi connectivity index (χ4v) is 3.05. The van der Waals surface area contributed by atoms with Crippen molar-refractivity contribution >= 4 is 17.6 Å². The number of amides is 2. The number of hydrogen-bond donors (Lipinski definition) is 4. The number of aliphatic hydroxyl groups excluding tert-OH is 1. The molecule has 4 N–H and O–H groups in total. The van der Waals surface area contributed by atoms with Gasteiger partial charge in [-0.2, -0.15) is 0 Å². The van der Waals surface area contributed by atoms with Crippen LogP contribution in [0.15, 0.2) is 53.7 Å². The van der Waals surface area contributed by atoms with Gasteiger partial charge < -0.3 is 30.6 Å². The van der Waals surface area contributed by atoms with Crippen LogP contribution in [0.3, 0.4) is 0 Å². The Morgan fingerprint density at radius 1 is 1.24 bits per heavy atom. The minimum Gasteiger partial charge on any atom is -0.497 e. The highest BCUT2D eigenvalue weighted by Crippen LogP contribution is 2.26. The lowest BCUT2D eigenvalue weighted by Crippen LogP contribution is -2.45. The zero-order valence-electron chi connectivity index (χ0n) is 15.9. The monoisotopic (exact) mass is 402 g/mol. The van der Waals surface area contributed by atoms with Crippen LogP contribution in [0.4, 0.5) is 14.9 Å². The number of benzene rings is 2. The van der Waals surface area contributed by atoms with Crippen molar-refractivity contribution in [1.82, 2.24) is 10.6 Å². The minimum absolute atomic E-state index is 0.0485. The standard InChI is InChI=1S/C20H23FN4O4/c1-28-16-8-2-13(3-9-16)17-12-22-19(25-29-11-10-26)18(17)24-20(27)23-15-6-4-14(21)5-7-15/h2-9,17-18,26H,10-12H2,1H3,(H,22,25)(H2,23,24,27)/t17-,18-/m0/s1. The summed E-state index contributed by atoms with van der Waals surface area (Å²) >= 11 is 0. The summed E-state index contributed by atoms with van der Waals surface area (Å²) in [5.74, 6) is 0.703. The van der Waals surface area contributed by atoms with Gasteiger partial charge >= 0.3 is 6.03 Å². The number of nitrogens with one attached hydrogen (secondary N) is 3. The fraction of sp³-hybridized carbons (Fsp3) is 0.300. The van der Waals surface area contributed by atoms with Gasteiger partial charge in [-0.25, -0.2) is 9.18 Å². The number of halogens is 1. The molecule has 0 aliphatic carbocycles. The van der Waals surface area contributed by atoms with E-state index in [1.165, 1.54) is 24.3 Å². The van der Waals surface area contributed by atoms with Crippen molar-refractivity contribution in [3.05, 3.63) is 59.9 Å². The second-order valence-corrected chi connectivity index (χ2v) is 6.38. The number of carbonyl (C=O) groups excluding carboxylic acids is 1. The lowest BCUT2D eigenvalue weighted by Gasteiger charge is -2.20. The number of anilines is 1. The van der Waals surface area contributed by atoms with Crippen molar-refractivity contribution in [2.24, 2.45) is 5.16 Å². The minimum atomic E-state index is -0.484. The van der Waals surface area contributed by atoms with Crippen molar-refractivity contribution < 1.29 is 23.9 Å². The van der Waals surface area contributed by atoms with Gasteiger partial charge in [-0.1, -0.05) is 17.3 Å². The Morgan fingerprint density at radius 2 is 1.97 bits per heavy atom. The van der Waals surface area contributed by atoms with Crippen LogP contribution in [-0.2, 0) is 4.84 Å². The predicted octanol–water partition coefficient (Wildman–Crippen LogP) is 2.03. The second kappa shape index (κ2) is 9.74. The lowest BCUT2D eigenvalue weighted by atomic mass is 9.94. The summed E-state index contributed by atoms with van der Waals surface area (Å²) in [5.41, 5.74) is 1.45. The Balaban J connectivity index is 1.75. The number of amidine groups is 1. The van der Waals surface area contributed by atoms with Crippen LogP contribution in [0, 0.1) is 5.82 Å². The van der Waals surface area contributed by atoms with Gasteiger partial charge in [-0.3, -0.25) is 0 Å². The van der Waals surface area contributed by atoms with E-state index in [0.29, 0.717) is 18.1 Å². The van der Waals surface area contributed by atoms with Crippen molar-refractivity contribution in [1.29, 1.82) is 0 Å². The van der Waals surface area contributed by atoms with Crippen molar-refractivity contribution in [2.45, 2.75) is 12.0 Å². The largest absolute Gasteiger partial charge is 0.497 e. The van der Waals surface area contributed by atoms with E-state index in [9.17, 15) is 9.18 Å². The van der Waals surface area contributed by atoms with E-state index in [2.05, 4.69) is 21.1 Å². The number of nitrogens with zero attached hydrogens (tertiary/aromatic N) is 1. The van der Waals surface area contributed by atoms with Gasteiger partial charge in [0.2, 0.25) is 0 Å². The highest BCUT2D eigenvalue weighted by Gasteiger charge is 2.36. The average Bonchev–Trinajstić information content (AvgIpc) is 3.12. The summed E-state index contributed by atoms with van der Waals surface area (Å²) in [7, 11) is 1.60. The van der Waals surface area contributed by atoms with Gasteiger partial charge in [0.1, 0.15) is 24.2 Å². The zero-order valence-corrected chi connectivity index (χ0v) is 15.9. The maximum atomic E-state index is 13.1. The quantitative estimate of drug-likeness (QED) is 0.419. The summed E-state index contributed by atoms with van der Waals surface area (Å²) in [6, 6.07) is 12.1. The Morgan fingerprint density at radius 3 is 2.62 bits per heavy atom. The molecule has 1 heterocycles. The van der Waals surface area contributed by atoms with Crippen molar-refractivity contribution in [3.8, 4) is 5.75 Å². The lowest BCUT2D eigenvalue weighted by molar-refractivity contribution is 0.0974. The Labute approximate surface area is 167 Å². The van der Waals surface area contributed by atoms with Crippen LogP contribution in [-0.4, -0.2) is 49.9 Å².